The summed E-state index contributed by atoms with van der Waals surface area (Å²) < 4.78 is 42.9. The predicted octanol–water partition coefficient (Wildman–Crippen LogP) is 6.70. The summed E-state index contributed by atoms with van der Waals surface area (Å²) in [5, 5.41) is 14.7. The van der Waals surface area contributed by atoms with Gasteiger partial charge < -0.3 is 39.6 Å². The molecule has 0 bridgehead atoms. The number of carboxylic acid groups (broad SMARTS) is 1. The molecule has 15 heteroatoms. The van der Waals surface area contributed by atoms with Crippen molar-refractivity contribution in [1.82, 2.24) is 14.8 Å². The molecule has 2 heterocycles. The van der Waals surface area contributed by atoms with Crippen molar-refractivity contribution in [3.63, 3.8) is 0 Å². The monoisotopic (exact) mass is 773 g/mol. The van der Waals surface area contributed by atoms with Crippen LogP contribution in [0.15, 0.2) is 89.6 Å². The molecule has 3 amide bonds. The lowest BCUT2D eigenvalue weighted by atomic mass is 10.00. The number of piperazine rings is 1. The fourth-order valence-corrected chi connectivity index (χ4v) is 6.23. The number of hydrogen-bond acceptors (Lipinski definition) is 8. The fourth-order valence-electron chi connectivity index (χ4n) is 6.23. The second-order valence-electron chi connectivity index (χ2n) is 13.8. The van der Waals surface area contributed by atoms with Crippen LogP contribution in [0.1, 0.15) is 49.2 Å². The number of nitrogens with one attached hydrogen (secondary N) is 2. The average Bonchev–Trinajstić information content (AvgIpc) is 3.19. The van der Waals surface area contributed by atoms with E-state index in [9.17, 15) is 29.1 Å². The van der Waals surface area contributed by atoms with Crippen LogP contribution in [0, 0.1) is 17.7 Å². The molecule has 0 unspecified atom stereocenters. The van der Waals surface area contributed by atoms with Crippen LogP contribution in [0.5, 0.6) is 0 Å². The second kappa shape index (κ2) is 18.4. The zero-order valence-corrected chi connectivity index (χ0v) is 31.6. The topological polar surface area (TPSA) is 160 Å². The highest BCUT2D eigenvalue weighted by Crippen LogP contribution is 2.27. The van der Waals surface area contributed by atoms with Crippen molar-refractivity contribution in [2.75, 3.05) is 36.4 Å². The lowest BCUT2D eigenvalue weighted by Crippen LogP contribution is -2.49. The zero-order valence-electron chi connectivity index (χ0n) is 31.6. The highest BCUT2D eigenvalue weighted by Gasteiger charge is 2.26. The van der Waals surface area contributed by atoms with Gasteiger partial charge in [-0.1, -0.05) is 56.3 Å². The normalized spacial score (nSPS) is 14.3. The van der Waals surface area contributed by atoms with Gasteiger partial charge in [0.05, 0.1) is 23.2 Å². The van der Waals surface area contributed by atoms with E-state index in [2.05, 4.69) is 10.6 Å². The van der Waals surface area contributed by atoms with E-state index in [0.29, 0.717) is 36.4 Å². The van der Waals surface area contributed by atoms with E-state index in [0.717, 1.165) is 17.7 Å². The summed E-state index contributed by atoms with van der Waals surface area (Å²) in [5.74, 6) is -4.38. The number of hydrogen-bond donors (Lipinski definition) is 3. The van der Waals surface area contributed by atoms with Crippen LogP contribution in [0.4, 0.5) is 29.7 Å². The fraction of sp³-hybridized carbons (Fsp3) is 0.341. The molecule has 2 atom stereocenters. The Morgan fingerprint density at radius 3 is 2.18 bits per heavy atom. The first kappa shape index (κ1) is 40.9. The number of carboxylic acids is 1. The van der Waals surface area contributed by atoms with E-state index >= 15 is 8.78 Å². The minimum absolute atomic E-state index is 0.0205. The summed E-state index contributed by atoms with van der Waals surface area (Å²) >= 11 is 0. The van der Waals surface area contributed by atoms with Crippen molar-refractivity contribution in [2.45, 2.75) is 53.5 Å². The third-order valence-electron chi connectivity index (χ3n) is 9.45. The van der Waals surface area contributed by atoms with E-state index in [-0.39, 0.29) is 43.3 Å². The van der Waals surface area contributed by atoms with Crippen molar-refractivity contribution in [3.8, 4) is 0 Å². The van der Waals surface area contributed by atoms with Crippen LogP contribution in [0.2, 0.25) is 0 Å². The third-order valence-corrected chi connectivity index (χ3v) is 9.45. The summed E-state index contributed by atoms with van der Waals surface area (Å²) in [6.45, 7) is 8.26. The van der Waals surface area contributed by atoms with Gasteiger partial charge in [-0.25, -0.2) is 23.2 Å². The number of amides is 3. The standard InChI is InChI=1S/C41H45F2N5O8/c1-5-46-22-31(39(51)52)37(49)30-20-32(42)35(21-34(30)46)47-15-17-48(18-16-47)41(54)56-24-28-11-13-29(14-12-28)44-38(50)26(4)19-33(43)36(25(2)3)45-40(53)55-23-27-9-7-6-8-10-27/h6-14,19-22,25-26,36H,5,15-18,23-24H2,1-4H3,(H,44,50)(H,45,53)(H,51,52)/t26-,36+/m1/s1. The van der Waals surface area contributed by atoms with Crippen LogP contribution in [-0.2, 0) is 34.0 Å². The molecule has 0 spiro atoms. The van der Waals surface area contributed by atoms with E-state index in [1.807, 2.05) is 18.2 Å². The van der Waals surface area contributed by atoms with Gasteiger partial charge in [0.1, 0.15) is 30.4 Å². The van der Waals surface area contributed by atoms with Gasteiger partial charge in [0.15, 0.2) is 0 Å². The van der Waals surface area contributed by atoms with Gasteiger partial charge in [-0.2, -0.15) is 0 Å². The lowest BCUT2D eigenvalue weighted by Gasteiger charge is -2.35. The van der Waals surface area contributed by atoms with E-state index in [1.165, 1.54) is 24.1 Å². The number of benzene rings is 3. The first-order valence-electron chi connectivity index (χ1n) is 18.3. The third kappa shape index (κ3) is 10.1. The van der Waals surface area contributed by atoms with Gasteiger partial charge in [-0.15, -0.1) is 0 Å². The molecular weight excluding hydrogens is 728 g/mol. The predicted molar refractivity (Wildman–Crippen MR) is 207 cm³/mol. The number of aromatic carboxylic acids is 1. The quantitative estimate of drug-likeness (QED) is 0.135. The number of fused-ring (bicyclic) bond motifs is 1. The number of aryl methyl sites for hydroxylation is 1. The minimum Gasteiger partial charge on any atom is -0.477 e. The van der Waals surface area contributed by atoms with Crippen LogP contribution in [0.3, 0.4) is 0 Å². The molecule has 1 aliphatic heterocycles. The van der Waals surface area contributed by atoms with Crippen LogP contribution >= 0.6 is 0 Å². The number of carbonyl (C=O) groups is 4. The largest absolute Gasteiger partial charge is 0.477 e. The Hall–Kier alpha value is -6.25. The van der Waals surface area contributed by atoms with E-state index in [4.69, 9.17) is 9.47 Å². The highest BCUT2D eigenvalue weighted by atomic mass is 19.1. The summed E-state index contributed by atoms with van der Waals surface area (Å²) in [5.41, 5.74) is 1.36. The molecule has 1 aromatic heterocycles. The minimum atomic E-state index is -1.38. The summed E-state index contributed by atoms with van der Waals surface area (Å²) in [4.78, 5) is 65.7. The van der Waals surface area contributed by atoms with Crippen LogP contribution < -0.4 is 21.0 Å². The molecule has 5 rings (SSSR count). The molecule has 3 N–H and O–H groups in total. The van der Waals surface area contributed by atoms with Gasteiger partial charge in [-0.3, -0.25) is 9.59 Å². The molecule has 1 aliphatic rings. The van der Waals surface area contributed by atoms with Crippen LogP contribution in [-0.4, -0.2) is 70.9 Å². The number of aromatic nitrogens is 1. The van der Waals surface area contributed by atoms with Crippen molar-refractivity contribution >= 4 is 46.3 Å². The maximum absolute atomic E-state index is 15.3. The van der Waals surface area contributed by atoms with Crippen molar-refractivity contribution < 1.29 is 42.5 Å². The summed E-state index contributed by atoms with van der Waals surface area (Å²) in [6.07, 6.45) is 1.09. The Bertz CT molecular complexity index is 2150. The first-order chi connectivity index (χ1) is 26.7. The molecule has 296 valence electrons. The van der Waals surface area contributed by atoms with E-state index in [1.54, 1.807) is 66.6 Å². The number of carbonyl (C=O) groups excluding carboxylic acids is 3. The van der Waals surface area contributed by atoms with Gasteiger partial charge in [0.2, 0.25) is 11.3 Å². The van der Waals surface area contributed by atoms with Crippen molar-refractivity contribution in [3.05, 3.63) is 118 Å². The molecule has 13 nitrogen and oxygen atoms in total. The van der Waals surface area contributed by atoms with Gasteiger partial charge in [0.25, 0.3) is 0 Å². The van der Waals surface area contributed by atoms with Gasteiger partial charge in [-0.05, 0) is 61.2 Å². The number of alkyl carbamates (subject to hydrolysis) is 1. The molecular formula is C41H45F2N5O8. The Morgan fingerprint density at radius 1 is 0.911 bits per heavy atom. The molecule has 0 radical (unpaired) electrons. The maximum Gasteiger partial charge on any atom is 0.410 e. The molecule has 56 heavy (non-hydrogen) atoms. The zero-order chi connectivity index (χ0) is 40.5. The molecule has 1 saturated heterocycles. The number of halogens is 2. The van der Waals surface area contributed by atoms with Crippen molar-refractivity contribution in [1.29, 1.82) is 0 Å². The average molecular weight is 774 g/mol. The Balaban J connectivity index is 1.09. The SMILES string of the molecule is CCn1cc(C(=O)O)c(=O)c2cc(F)c(N3CCN(C(=O)OCc4ccc(NC(=O)[C@H](C)C=C(F)[C@@H](NC(=O)OCc5ccccc5)C(C)C)cc4)CC3)cc21. The molecule has 1 fully saturated rings. The number of nitrogens with zero attached hydrogens (tertiary/aromatic N) is 3. The molecule has 4 aromatic rings. The number of rotatable bonds is 13. The highest BCUT2D eigenvalue weighted by molar-refractivity contribution is 5.94. The summed E-state index contributed by atoms with van der Waals surface area (Å²) in [6, 6.07) is 17.3. The lowest BCUT2D eigenvalue weighted by molar-refractivity contribution is -0.118. The number of pyridine rings is 1. The number of anilines is 2. The van der Waals surface area contributed by atoms with Crippen molar-refractivity contribution in [2.24, 2.45) is 11.8 Å². The van der Waals surface area contributed by atoms with E-state index < -0.39 is 58.7 Å². The van der Waals surface area contributed by atoms with Gasteiger partial charge in [0, 0.05) is 50.0 Å². The van der Waals surface area contributed by atoms with Gasteiger partial charge >= 0.3 is 18.2 Å². The Kier molecular flexibility index (Phi) is 13.4. The molecule has 0 saturated carbocycles. The second-order valence-corrected chi connectivity index (χ2v) is 13.8. The Labute approximate surface area is 322 Å². The van der Waals surface area contributed by atoms with Crippen LogP contribution in [0.25, 0.3) is 10.9 Å². The Morgan fingerprint density at radius 2 is 1.55 bits per heavy atom. The molecule has 0 aliphatic carbocycles. The first-order valence-corrected chi connectivity index (χ1v) is 18.3. The maximum atomic E-state index is 15.3. The smallest absolute Gasteiger partial charge is 0.410 e. The molecule has 3 aromatic carbocycles. The number of ether oxygens (including phenoxy) is 2. The summed E-state index contributed by atoms with van der Waals surface area (Å²) in [7, 11) is 0.